The number of alkyl halides is 3. The second kappa shape index (κ2) is 10.6. The zero-order valence-corrected chi connectivity index (χ0v) is 21.3. The maximum absolute atomic E-state index is 15.0. The topological polar surface area (TPSA) is 132 Å². The van der Waals surface area contributed by atoms with Gasteiger partial charge in [-0.15, -0.1) is 0 Å². The number of aryl methyl sites for hydroxylation is 1. The van der Waals surface area contributed by atoms with E-state index in [0.717, 1.165) is 12.3 Å². The monoisotopic (exact) mass is 559 g/mol. The van der Waals surface area contributed by atoms with Crippen LogP contribution in [0.2, 0.25) is 0 Å². The highest BCUT2D eigenvalue weighted by Gasteiger charge is 2.40. The van der Waals surface area contributed by atoms with Crippen LogP contribution in [0.4, 0.5) is 29.1 Å². The number of rotatable bonds is 7. The number of anilines is 2. The Morgan fingerprint density at radius 2 is 2.02 bits per heavy atom. The van der Waals surface area contributed by atoms with Crippen molar-refractivity contribution in [3.8, 4) is 17.1 Å². The molecule has 40 heavy (non-hydrogen) atoms. The highest BCUT2D eigenvalue weighted by atomic mass is 19.4. The van der Waals surface area contributed by atoms with E-state index in [4.69, 9.17) is 10.5 Å². The molecule has 10 nitrogen and oxygen atoms in total. The third kappa shape index (κ3) is 5.08. The molecule has 1 saturated heterocycles. The fraction of sp³-hybridized carbons (Fsp3) is 0.346. The number of nitrogen functional groups attached to an aromatic ring is 1. The minimum absolute atomic E-state index is 0.0484. The van der Waals surface area contributed by atoms with Gasteiger partial charge in [0.25, 0.3) is 11.1 Å². The lowest BCUT2D eigenvalue weighted by Crippen LogP contribution is -2.35. The van der Waals surface area contributed by atoms with Crippen LogP contribution in [0, 0.1) is 5.82 Å². The Bertz CT molecular complexity index is 1690. The van der Waals surface area contributed by atoms with Crippen LogP contribution in [0.1, 0.15) is 31.2 Å². The SMILES string of the molecule is COc1cnc(-c2cc3ccn(CCC[C@@H]4CCCN4c4cn[nH]c(=O)c4C(F)(F)F)c(=O)c3cc2F)nc1N. The number of nitrogens with zero attached hydrogens (tertiary/aromatic N) is 5. The number of methoxy groups -OCH3 is 1. The summed E-state index contributed by atoms with van der Waals surface area (Å²) in [5.74, 6) is -0.343. The second-order valence-electron chi connectivity index (χ2n) is 9.47. The predicted octanol–water partition coefficient (Wildman–Crippen LogP) is 3.74. The Morgan fingerprint density at radius 3 is 2.75 bits per heavy atom. The first-order valence-electron chi connectivity index (χ1n) is 12.5. The molecule has 1 atom stereocenters. The number of aromatic nitrogens is 5. The number of fused-ring (bicyclic) bond motifs is 1. The van der Waals surface area contributed by atoms with Crippen LogP contribution in [0.3, 0.4) is 0 Å². The van der Waals surface area contributed by atoms with E-state index in [0.29, 0.717) is 37.6 Å². The van der Waals surface area contributed by atoms with E-state index in [-0.39, 0.29) is 46.6 Å². The smallest absolute Gasteiger partial charge is 0.423 e. The molecule has 1 aliphatic heterocycles. The van der Waals surface area contributed by atoms with Gasteiger partial charge in [0.15, 0.2) is 17.4 Å². The lowest BCUT2D eigenvalue weighted by Gasteiger charge is -2.28. The van der Waals surface area contributed by atoms with E-state index in [9.17, 15) is 22.8 Å². The van der Waals surface area contributed by atoms with Gasteiger partial charge >= 0.3 is 6.18 Å². The quantitative estimate of drug-likeness (QED) is 0.328. The van der Waals surface area contributed by atoms with E-state index < -0.39 is 28.7 Å². The van der Waals surface area contributed by atoms with E-state index in [2.05, 4.69) is 15.1 Å². The number of hydrogen-bond acceptors (Lipinski definition) is 8. The molecule has 1 fully saturated rings. The first-order valence-corrected chi connectivity index (χ1v) is 12.5. The molecule has 3 N–H and O–H groups in total. The van der Waals surface area contributed by atoms with Gasteiger partial charge in [-0.1, -0.05) is 0 Å². The molecule has 0 aliphatic carbocycles. The number of hydrogen-bond donors (Lipinski definition) is 2. The summed E-state index contributed by atoms with van der Waals surface area (Å²) < 4.78 is 62.2. The summed E-state index contributed by atoms with van der Waals surface area (Å²) in [6.45, 7) is 0.639. The number of nitrogens with two attached hydrogens (primary N) is 1. The van der Waals surface area contributed by atoms with Gasteiger partial charge in [0.2, 0.25) is 0 Å². The molecular formula is C26H25F4N7O3. The summed E-state index contributed by atoms with van der Waals surface area (Å²) in [5, 5.41) is 6.08. The van der Waals surface area contributed by atoms with Gasteiger partial charge in [0.05, 0.1) is 36.1 Å². The first-order chi connectivity index (χ1) is 19.1. The molecule has 0 spiro atoms. The van der Waals surface area contributed by atoms with Crippen molar-refractivity contribution in [1.82, 2.24) is 24.7 Å². The normalized spacial score (nSPS) is 15.6. The van der Waals surface area contributed by atoms with Crippen molar-refractivity contribution in [2.45, 2.75) is 44.4 Å². The average molecular weight is 560 g/mol. The number of halogens is 4. The highest BCUT2D eigenvalue weighted by Crippen LogP contribution is 2.37. The summed E-state index contributed by atoms with van der Waals surface area (Å²) >= 11 is 0. The molecule has 4 aromatic rings. The van der Waals surface area contributed by atoms with Crippen LogP contribution in [0.15, 0.2) is 46.4 Å². The van der Waals surface area contributed by atoms with Crippen LogP contribution < -0.4 is 26.5 Å². The molecule has 4 heterocycles. The van der Waals surface area contributed by atoms with Crippen molar-refractivity contribution < 1.29 is 22.3 Å². The third-order valence-electron chi connectivity index (χ3n) is 7.05. The molecule has 3 aromatic heterocycles. The van der Waals surface area contributed by atoms with Gasteiger partial charge in [-0.05, 0) is 49.3 Å². The van der Waals surface area contributed by atoms with E-state index >= 15 is 4.39 Å². The Hall–Kier alpha value is -4.49. The Balaban J connectivity index is 1.34. The molecule has 0 bridgehead atoms. The van der Waals surface area contributed by atoms with E-state index in [1.165, 1.54) is 23.9 Å². The number of pyridine rings is 1. The van der Waals surface area contributed by atoms with Crippen molar-refractivity contribution >= 4 is 22.3 Å². The number of ether oxygens (including phenoxy) is 1. The second-order valence-corrected chi connectivity index (χ2v) is 9.47. The first kappa shape index (κ1) is 27.1. The molecule has 5 rings (SSSR count). The minimum atomic E-state index is -4.82. The summed E-state index contributed by atoms with van der Waals surface area (Å²) in [6, 6.07) is 4.02. The van der Waals surface area contributed by atoms with E-state index in [1.54, 1.807) is 17.2 Å². The standard InChI is InChI=1S/C26H25F4N7O3/c1-40-20-13-32-23(34-22(20)31)17-10-14-6-9-36(25(39)16(14)11-18(17)27)7-2-4-15-5-3-8-37(15)19-12-33-35-24(38)21(19)26(28,29)30/h6,9-13,15H,2-5,7-8H2,1H3,(H,35,38)(H2,31,32,34)/t15-/m1/s1. The molecule has 0 radical (unpaired) electrons. The number of benzene rings is 1. The fourth-order valence-electron chi connectivity index (χ4n) is 5.16. The Morgan fingerprint density at radius 1 is 1.23 bits per heavy atom. The predicted molar refractivity (Wildman–Crippen MR) is 140 cm³/mol. The van der Waals surface area contributed by atoms with Gasteiger partial charge in [-0.3, -0.25) is 9.59 Å². The van der Waals surface area contributed by atoms with Crippen molar-refractivity contribution in [2.24, 2.45) is 0 Å². The van der Waals surface area contributed by atoms with Crippen LogP contribution in [-0.4, -0.2) is 44.4 Å². The maximum atomic E-state index is 15.0. The summed E-state index contributed by atoms with van der Waals surface area (Å²) in [4.78, 5) is 34.8. The highest BCUT2D eigenvalue weighted by molar-refractivity contribution is 5.86. The van der Waals surface area contributed by atoms with Gasteiger partial charge in [0, 0.05) is 25.3 Å². The van der Waals surface area contributed by atoms with E-state index in [1.807, 2.05) is 5.10 Å². The average Bonchev–Trinajstić information content (AvgIpc) is 3.37. The molecule has 0 unspecified atom stereocenters. The molecule has 0 saturated carbocycles. The van der Waals surface area contributed by atoms with Gasteiger partial charge in [-0.2, -0.15) is 18.3 Å². The number of H-pyrrole nitrogens is 1. The molecule has 1 aromatic carbocycles. The maximum Gasteiger partial charge on any atom is 0.423 e. The minimum Gasteiger partial charge on any atom is -0.491 e. The molecule has 14 heteroatoms. The molecule has 0 amide bonds. The number of nitrogens with one attached hydrogen (secondary N) is 1. The largest absolute Gasteiger partial charge is 0.491 e. The van der Waals surface area contributed by atoms with Crippen LogP contribution in [0.25, 0.3) is 22.2 Å². The Labute approximate surface area is 224 Å². The fourth-order valence-corrected chi connectivity index (χ4v) is 5.16. The Kier molecular flexibility index (Phi) is 7.17. The van der Waals surface area contributed by atoms with Crippen molar-refractivity contribution in [2.75, 3.05) is 24.3 Å². The summed E-state index contributed by atoms with van der Waals surface area (Å²) in [5.41, 5.74) is 2.71. The molecule has 1 aliphatic rings. The number of aromatic amines is 1. The summed E-state index contributed by atoms with van der Waals surface area (Å²) in [6.07, 6.45) is 1.40. The van der Waals surface area contributed by atoms with Crippen molar-refractivity contribution in [3.63, 3.8) is 0 Å². The zero-order valence-electron chi connectivity index (χ0n) is 21.3. The van der Waals surface area contributed by atoms with Crippen LogP contribution >= 0.6 is 0 Å². The van der Waals surface area contributed by atoms with Crippen molar-refractivity contribution in [3.05, 3.63) is 68.9 Å². The lowest BCUT2D eigenvalue weighted by atomic mass is 10.1. The van der Waals surface area contributed by atoms with Gasteiger partial charge in [0.1, 0.15) is 11.4 Å². The third-order valence-corrected chi connectivity index (χ3v) is 7.05. The van der Waals surface area contributed by atoms with Crippen LogP contribution in [-0.2, 0) is 12.7 Å². The zero-order chi connectivity index (χ0) is 28.6. The molecular weight excluding hydrogens is 534 g/mol. The van der Waals surface area contributed by atoms with Gasteiger partial charge in [-0.25, -0.2) is 19.5 Å². The van der Waals surface area contributed by atoms with Gasteiger partial charge < -0.3 is 19.9 Å². The lowest BCUT2D eigenvalue weighted by molar-refractivity contribution is -0.138. The van der Waals surface area contributed by atoms with Crippen molar-refractivity contribution in [1.29, 1.82) is 0 Å². The summed E-state index contributed by atoms with van der Waals surface area (Å²) in [7, 11) is 1.41. The van der Waals surface area contributed by atoms with Crippen LogP contribution in [0.5, 0.6) is 5.75 Å². The molecule has 210 valence electrons.